The lowest BCUT2D eigenvalue weighted by Crippen LogP contribution is -2.29. The molecule has 1 aliphatic rings. The van der Waals surface area contributed by atoms with Crippen LogP contribution in [0.25, 0.3) is 16.5 Å². The Bertz CT molecular complexity index is 1840. The maximum absolute atomic E-state index is 13.5. The van der Waals surface area contributed by atoms with Crippen molar-refractivity contribution in [1.29, 1.82) is 0 Å². The summed E-state index contributed by atoms with van der Waals surface area (Å²) in [5, 5.41) is 23.3. The number of aryl methyl sites for hydroxylation is 2. The average Bonchev–Trinajstić information content (AvgIpc) is 3.55. The van der Waals surface area contributed by atoms with Crippen molar-refractivity contribution in [2.45, 2.75) is 30.0 Å². The van der Waals surface area contributed by atoms with Crippen molar-refractivity contribution in [3.8, 4) is 0 Å². The van der Waals surface area contributed by atoms with Gasteiger partial charge in [-0.3, -0.25) is 14.5 Å². The van der Waals surface area contributed by atoms with Gasteiger partial charge in [-0.05, 0) is 59.5 Å². The van der Waals surface area contributed by atoms with Crippen LogP contribution in [0.2, 0.25) is 5.02 Å². The molecule has 1 amide bonds. The van der Waals surface area contributed by atoms with Crippen LogP contribution in [0.5, 0.6) is 0 Å². The van der Waals surface area contributed by atoms with Gasteiger partial charge in [0.2, 0.25) is 5.13 Å². The molecule has 0 radical (unpaired) electrons. The Morgan fingerprint density at radius 1 is 0.976 bits per heavy atom. The first-order valence-corrected chi connectivity index (χ1v) is 15.1. The van der Waals surface area contributed by atoms with Gasteiger partial charge in [-0.25, -0.2) is 0 Å². The van der Waals surface area contributed by atoms with Crippen LogP contribution in [0.15, 0.2) is 94.8 Å². The zero-order chi connectivity index (χ0) is 28.7. The van der Waals surface area contributed by atoms with Crippen LogP contribution in [-0.2, 0) is 15.3 Å². The van der Waals surface area contributed by atoms with Crippen molar-refractivity contribution in [3.63, 3.8) is 0 Å². The van der Waals surface area contributed by atoms with Gasteiger partial charge in [0.15, 0.2) is 4.34 Å². The molecule has 0 spiro atoms. The Hall–Kier alpha value is -3.98. The van der Waals surface area contributed by atoms with Crippen molar-refractivity contribution in [2.24, 2.45) is 0 Å². The summed E-state index contributed by atoms with van der Waals surface area (Å²) in [7, 11) is 0. The van der Waals surface area contributed by atoms with Gasteiger partial charge in [0.25, 0.3) is 5.78 Å². The fourth-order valence-corrected chi connectivity index (χ4v) is 7.04. The lowest BCUT2D eigenvalue weighted by Gasteiger charge is -2.22. The summed E-state index contributed by atoms with van der Waals surface area (Å²) in [5.74, 6) is -1.09. The van der Waals surface area contributed by atoms with Gasteiger partial charge >= 0.3 is 5.91 Å². The molecular weight excluding hydrogens is 574 g/mol. The van der Waals surface area contributed by atoms with E-state index in [9.17, 15) is 14.7 Å². The third kappa shape index (κ3) is 5.14. The second-order valence-corrected chi connectivity index (χ2v) is 12.4. The first-order chi connectivity index (χ1) is 19.8. The van der Waals surface area contributed by atoms with Crippen LogP contribution in [0, 0.1) is 13.8 Å². The van der Waals surface area contributed by atoms with E-state index in [0.29, 0.717) is 26.2 Å². The number of ketones is 1. The number of aliphatic hydroxyl groups excluding tert-OH is 1. The summed E-state index contributed by atoms with van der Waals surface area (Å²) in [5.41, 5.74) is 4.01. The highest BCUT2D eigenvalue weighted by molar-refractivity contribution is 8.00. The summed E-state index contributed by atoms with van der Waals surface area (Å²) in [6.07, 6.45) is 0. The van der Waals surface area contributed by atoms with E-state index in [1.807, 2.05) is 50.2 Å². The number of halogens is 1. The molecule has 1 N–H and O–H groups in total. The van der Waals surface area contributed by atoms with E-state index >= 15 is 0 Å². The van der Waals surface area contributed by atoms with E-state index < -0.39 is 17.7 Å². The molecule has 204 valence electrons. The lowest BCUT2D eigenvalue weighted by molar-refractivity contribution is -0.132. The highest BCUT2D eigenvalue weighted by Crippen LogP contribution is 2.44. The van der Waals surface area contributed by atoms with Gasteiger partial charge in [-0.2, -0.15) is 0 Å². The molecule has 41 heavy (non-hydrogen) atoms. The monoisotopic (exact) mass is 597 g/mol. The van der Waals surface area contributed by atoms with E-state index in [-0.39, 0.29) is 16.5 Å². The summed E-state index contributed by atoms with van der Waals surface area (Å²) in [4.78, 5) is 28.4. The maximum Gasteiger partial charge on any atom is 0.301 e. The van der Waals surface area contributed by atoms with Gasteiger partial charge in [-0.15, -0.1) is 10.2 Å². The molecule has 1 unspecified atom stereocenters. The molecule has 4 aromatic carbocycles. The fraction of sp³-hybridized carbons (Fsp3) is 0.125. The van der Waals surface area contributed by atoms with E-state index in [4.69, 9.17) is 11.6 Å². The maximum atomic E-state index is 13.5. The summed E-state index contributed by atoms with van der Waals surface area (Å²) in [6, 6.07) is 26.0. The Balaban J connectivity index is 1.38. The topological polar surface area (TPSA) is 83.4 Å². The number of hydrogen-bond acceptors (Lipinski definition) is 7. The van der Waals surface area contributed by atoms with Gasteiger partial charge in [0.05, 0.1) is 11.6 Å². The number of hydrogen-bond donors (Lipinski definition) is 1. The normalized spacial score (nSPS) is 16.6. The second-order valence-electron chi connectivity index (χ2n) is 9.82. The Morgan fingerprint density at radius 2 is 1.73 bits per heavy atom. The van der Waals surface area contributed by atoms with E-state index in [2.05, 4.69) is 34.5 Å². The van der Waals surface area contributed by atoms with Crippen LogP contribution >= 0.6 is 34.7 Å². The number of carbonyl (C=O) groups is 2. The van der Waals surface area contributed by atoms with Crippen molar-refractivity contribution >= 4 is 68.1 Å². The molecule has 1 saturated heterocycles. The molecular formula is C32H24ClN3O3S2. The molecule has 0 bridgehead atoms. The zero-order valence-corrected chi connectivity index (χ0v) is 24.6. The molecule has 0 aliphatic carbocycles. The molecule has 0 saturated carbocycles. The van der Waals surface area contributed by atoms with Gasteiger partial charge < -0.3 is 5.11 Å². The molecule has 6 rings (SSSR count). The van der Waals surface area contributed by atoms with Crippen molar-refractivity contribution < 1.29 is 14.7 Å². The SMILES string of the molecule is Cc1ccc(C)c(/C(O)=C2\C(=O)C(=O)N(c3nnc(SCc4cccc5ccccc45)s3)C2c2ccc(Cl)cc2)c1. The average molecular weight is 598 g/mol. The number of Topliss-reactive ketones (excluding diaryl/α,β-unsaturated/α-hetero) is 1. The predicted molar refractivity (Wildman–Crippen MR) is 166 cm³/mol. The summed E-state index contributed by atoms with van der Waals surface area (Å²) >= 11 is 8.92. The zero-order valence-electron chi connectivity index (χ0n) is 22.2. The van der Waals surface area contributed by atoms with Crippen LogP contribution in [0.4, 0.5) is 5.13 Å². The highest BCUT2D eigenvalue weighted by atomic mass is 35.5. The van der Waals surface area contributed by atoms with Crippen LogP contribution in [0.3, 0.4) is 0 Å². The van der Waals surface area contributed by atoms with Crippen molar-refractivity contribution in [3.05, 3.63) is 123 Å². The van der Waals surface area contributed by atoms with Crippen LogP contribution in [-0.4, -0.2) is 27.0 Å². The first kappa shape index (κ1) is 27.2. The Kier molecular flexibility index (Phi) is 7.38. The smallest absolute Gasteiger partial charge is 0.301 e. The molecule has 9 heteroatoms. The third-order valence-electron chi connectivity index (χ3n) is 7.11. The number of carbonyl (C=O) groups excluding carboxylic acids is 2. The number of benzene rings is 4. The van der Waals surface area contributed by atoms with Crippen molar-refractivity contribution in [1.82, 2.24) is 10.2 Å². The van der Waals surface area contributed by atoms with Crippen LogP contribution in [0.1, 0.15) is 33.9 Å². The molecule has 1 atom stereocenters. The lowest BCUT2D eigenvalue weighted by atomic mass is 9.93. The Morgan fingerprint density at radius 3 is 2.54 bits per heavy atom. The number of rotatable bonds is 6. The minimum atomic E-state index is -0.893. The number of thioether (sulfide) groups is 1. The molecule has 2 heterocycles. The van der Waals surface area contributed by atoms with Gasteiger partial charge in [0, 0.05) is 16.3 Å². The summed E-state index contributed by atoms with van der Waals surface area (Å²) < 4.78 is 0.666. The molecule has 1 fully saturated rings. The Labute approximate surface area is 250 Å². The predicted octanol–water partition coefficient (Wildman–Crippen LogP) is 7.88. The number of aromatic nitrogens is 2. The minimum absolute atomic E-state index is 0.00572. The number of aliphatic hydroxyl groups is 1. The number of anilines is 1. The molecule has 5 aromatic rings. The molecule has 1 aromatic heterocycles. The largest absolute Gasteiger partial charge is 0.507 e. The fourth-order valence-electron chi connectivity index (χ4n) is 5.04. The first-order valence-electron chi connectivity index (χ1n) is 12.9. The number of amides is 1. The minimum Gasteiger partial charge on any atom is -0.507 e. The number of fused-ring (bicyclic) bond motifs is 1. The van der Waals surface area contributed by atoms with Gasteiger partial charge in [0.1, 0.15) is 5.76 Å². The van der Waals surface area contributed by atoms with E-state index in [1.165, 1.54) is 44.3 Å². The molecule has 1 aliphatic heterocycles. The second kappa shape index (κ2) is 11.1. The molecule has 6 nitrogen and oxygen atoms in total. The summed E-state index contributed by atoms with van der Waals surface area (Å²) in [6.45, 7) is 3.76. The quantitative estimate of drug-likeness (QED) is 0.0705. The van der Waals surface area contributed by atoms with E-state index in [1.54, 1.807) is 24.3 Å². The van der Waals surface area contributed by atoms with E-state index in [0.717, 1.165) is 11.1 Å². The highest BCUT2D eigenvalue weighted by Gasteiger charge is 2.48. The standard InChI is InChI=1S/C32H24ClN3O3S2/c1-18-10-11-19(2)25(16-18)28(37)26-27(21-12-14-23(33)15-13-21)36(30(39)29(26)38)31-34-35-32(41-31)40-17-22-8-5-7-20-6-3-4-9-24(20)22/h3-16,27,37H,17H2,1-2H3/b28-26+. The number of nitrogens with zero attached hydrogens (tertiary/aromatic N) is 3. The van der Waals surface area contributed by atoms with Crippen molar-refractivity contribution in [2.75, 3.05) is 4.90 Å². The van der Waals surface area contributed by atoms with Gasteiger partial charge in [-0.1, -0.05) is 107 Å². The third-order valence-corrected chi connectivity index (χ3v) is 9.47. The van der Waals surface area contributed by atoms with Crippen LogP contribution < -0.4 is 4.90 Å².